The Morgan fingerprint density at radius 2 is 1.88 bits per heavy atom. The third kappa shape index (κ3) is 3.92. The van der Waals surface area contributed by atoms with Crippen LogP contribution in [0, 0.1) is 18.6 Å². The van der Waals surface area contributed by atoms with Gasteiger partial charge in [0.1, 0.15) is 12.0 Å². The van der Waals surface area contributed by atoms with E-state index in [0.29, 0.717) is 0 Å². The fraction of sp³-hybridized carbons (Fsp3) is 0.0588. The number of carbonyl (C=O) groups is 1. The van der Waals surface area contributed by atoms with Gasteiger partial charge < -0.3 is 10.1 Å². The Bertz CT molecular complexity index is 903. The van der Waals surface area contributed by atoms with Crippen LogP contribution in [0.1, 0.15) is 16.1 Å². The van der Waals surface area contributed by atoms with Gasteiger partial charge in [-0.25, -0.2) is 14.4 Å². The van der Waals surface area contributed by atoms with E-state index in [0.717, 1.165) is 17.7 Å². The summed E-state index contributed by atoms with van der Waals surface area (Å²) in [5, 5.41) is 2.45. The summed E-state index contributed by atoms with van der Waals surface area (Å²) in [6.45, 7) is 1.83. The van der Waals surface area contributed by atoms with Crippen LogP contribution in [0.3, 0.4) is 0 Å². The van der Waals surface area contributed by atoms with E-state index in [1.54, 1.807) is 6.07 Å². The molecular weight excluding hydrogens is 330 g/mol. The van der Waals surface area contributed by atoms with E-state index in [2.05, 4.69) is 20.3 Å². The fourth-order valence-corrected chi connectivity index (χ4v) is 1.97. The summed E-state index contributed by atoms with van der Waals surface area (Å²) in [6.07, 6.45) is 5.40. The molecule has 1 N–H and O–H groups in total. The Morgan fingerprint density at radius 3 is 2.56 bits per heavy atom. The van der Waals surface area contributed by atoms with Crippen LogP contribution in [0.4, 0.5) is 14.5 Å². The molecule has 6 nitrogen and oxygen atoms in total. The molecule has 0 aliphatic heterocycles. The third-order valence-corrected chi connectivity index (χ3v) is 3.16. The van der Waals surface area contributed by atoms with Crippen molar-refractivity contribution in [1.29, 1.82) is 0 Å². The number of aromatic nitrogens is 3. The van der Waals surface area contributed by atoms with Crippen molar-refractivity contribution in [2.24, 2.45) is 0 Å². The van der Waals surface area contributed by atoms with Crippen LogP contribution in [-0.2, 0) is 0 Å². The Labute approximate surface area is 141 Å². The molecule has 25 heavy (non-hydrogen) atoms. The maximum absolute atomic E-state index is 13.9. The number of aryl methyl sites for hydroxylation is 1. The van der Waals surface area contributed by atoms with Crippen molar-refractivity contribution in [2.45, 2.75) is 6.92 Å². The first kappa shape index (κ1) is 16.4. The van der Waals surface area contributed by atoms with E-state index in [-0.39, 0.29) is 17.1 Å². The maximum atomic E-state index is 13.9. The summed E-state index contributed by atoms with van der Waals surface area (Å²) in [6, 6.07) is 5.27. The molecular formula is C17H12F2N4O2. The number of amides is 1. The van der Waals surface area contributed by atoms with Crippen molar-refractivity contribution in [3.63, 3.8) is 0 Å². The molecule has 126 valence electrons. The summed E-state index contributed by atoms with van der Waals surface area (Å²) in [5.74, 6) is -3.18. The number of nitrogens with one attached hydrogen (secondary N) is 1. The van der Waals surface area contributed by atoms with Gasteiger partial charge in [0.25, 0.3) is 5.91 Å². The predicted molar refractivity (Wildman–Crippen MR) is 85.4 cm³/mol. The number of benzene rings is 1. The van der Waals surface area contributed by atoms with Crippen molar-refractivity contribution >= 4 is 11.6 Å². The first-order chi connectivity index (χ1) is 12.0. The molecule has 0 radical (unpaired) electrons. The second-order valence-corrected chi connectivity index (χ2v) is 5.12. The first-order valence-electron chi connectivity index (χ1n) is 7.19. The average molecular weight is 342 g/mol. The van der Waals surface area contributed by atoms with Crippen LogP contribution in [0.25, 0.3) is 0 Å². The Morgan fingerprint density at radius 1 is 1.12 bits per heavy atom. The molecule has 0 spiro atoms. The predicted octanol–water partition coefficient (Wildman–Crippen LogP) is 3.50. The molecule has 2 heterocycles. The zero-order chi connectivity index (χ0) is 17.8. The smallest absolute Gasteiger partial charge is 0.274 e. The fourth-order valence-electron chi connectivity index (χ4n) is 1.97. The van der Waals surface area contributed by atoms with Crippen LogP contribution < -0.4 is 10.1 Å². The highest BCUT2D eigenvalue weighted by Crippen LogP contribution is 2.29. The van der Waals surface area contributed by atoms with E-state index in [1.165, 1.54) is 31.0 Å². The zero-order valence-electron chi connectivity index (χ0n) is 13.0. The molecule has 3 rings (SSSR count). The molecule has 0 aliphatic carbocycles. The molecule has 0 unspecified atom stereocenters. The number of hydrogen-bond acceptors (Lipinski definition) is 5. The summed E-state index contributed by atoms with van der Waals surface area (Å²) in [5.41, 5.74) is 1.07. The van der Waals surface area contributed by atoms with Crippen molar-refractivity contribution < 1.29 is 18.3 Å². The van der Waals surface area contributed by atoms with Crippen molar-refractivity contribution in [1.82, 2.24) is 15.0 Å². The molecule has 0 bridgehead atoms. The topological polar surface area (TPSA) is 77.0 Å². The normalized spacial score (nSPS) is 10.4. The van der Waals surface area contributed by atoms with Crippen molar-refractivity contribution in [3.05, 3.63) is 72.1 Å². The Kier molecular flexibility index (Phi) is 4.60. The number of pyridine rings is 1. The minimum Gasteiger partial charge on any atom is -0.451 e. The van der Waals surface area contributed by atoms with Gasteiger partial charge in [0, 0.05) is 24.0 Å². The van der Waals surface area contributed by atoms with Gasteiger partial charge in [-0.2, -0.15) is 4.39 Å². The number of ether oxygens (including phenoxy) is 1. The van der Waals surface area contributed by atoms with Crippen molar-refractivity contribution in [3.8, 4) is 11.5 Å². The first-order valence-corrected chi connectivity index (χ1v) is 7.19. The van der Waals surface area contributed by atoms with Gasteiger partial charge >= 0.3 is 0 Å². The van der Waals surface area contributed by atoms with E-state index in [4.69, 9.17) is 4.74 Å². The van der Waals surface area contributed by atoms with E-state index < -0.39 is 23.3 Å². The van der Waals surface area contributed by atoms with Crippen LogP contribution in [-0.4, -0.2) is 20.9 Å². The van der Waals surface area contributed by atoms with Crippen LogP contribution >= 0.6 is 0 Å². The third-order valence-electron chi connectivity index (χ3n) is 3.16. The minimum atomic E-state index is -1.18. The maximum Gasteiger partial charge on any atom is 0.274 e. The Balaban J connectivity index is 1.84. The van der Waals surface area contributed by atoms with Gasteiger partial charge in [-0.05, 0) is 18.6 Å². The molecule has 3 aromatic rings. The van der Waals surface area contributed by atoms with E-state index in [1.807, 2.05) is 6.92 Å². The summed E-state index contributed by atoms with van der Waals surface area (Å²) < 4.78 is 32.9. The molecule has 1 amide bonds. The molecule has 8 heteroatoms. The zero-order valence-corrected chi connectivity index (χ0v) is 13.0. The lowest BCUT2D eigenvalue weighted by atomic mass is 10.2. The molecule has 0 saturated carbocycles. The van der Waals surface area contributed by atoms with Crippen LogP contribution in [0.15, 0.2) is 49.2 Å². The van der Waals surface area contributed by atoms with Gasteiger partial charge in [0.05, 0.1) is 12.4 Å². The van der Waals surface area contributed by atoms with Gasteiger partial charge in [-0.15, -0.1) is 0 Å². The second kappa shape index (κ2) is 7.00. The van der Waals surface area contributed by atoms with Gasteiger partial charge in [0.2, 0.25) is 5.82 Å². The van der Waals surface area contributed by atoms with E-state index >= 15 is 0 Å². The number of hydrogen-bond donors (Lipinski definition) is 1. The highest BCUT2D eigenvalue weighted by atomic mass is 19.2. The number of anilines is 1. The molecule has 0 atom stereocenters. The highest BCUT2D eigenvalue weighted by molar-refractivity contribution is 6.02. The summed E-state index contributed by atoms with van der Waals surface area (Å²) in [4.78, 5) is 23.6. The molecule has 2 aromatic heterocycles. The average Bonchev–Trinajstić information content (AvgIpc) is 2.60. The van der Waals surface area contributed by atoms with Gasteiger partial charge in [0.15, 0.2) is 17.3 Å². The quantitative estimate of drug-likeness (QED) is 0.785. The number of nitrogens with zero attached hydrogens (tertiary/aromatic N) is 3. The minimum absolute atomic E-state index is 0.0260. The van der Waals surface area contributed by atoms with Crippen LogP contribution in [0.5, 0.6) is 11.5 Å². The Hall–Kier alpha value is -3.42. The number of rotatable bonds is 4. The highest BCUT2D eigenvalue weighted by Gasteiger charge is 2.15. The second-order valence-electron chi connectivity index (χ2n) is 5.12. The number of halogens is 2. The SMILES string of the molecule is Cc1ccc(C(=O)Nc2cc(F)c(F)c(Oc3cncnc3)c2)nc1. The summed E-state index contributed by atoms with van der Waals surface area (Å²) >= 11 is 0. The lowest BCUT2D eigenvalue weighted by molar-refractivity contribution is 0.102. The number of carbonyl (C=O) groups excluding carboxylic acids is 1. The summed E-state index contributed by atoms with van der Waals surface area (Å²) in [7, 11) is 0. The lowest BCUT2D eigenvalue weighted by Gasteiger charge is -2.10. The lowest BCUT2D eigenvalue weighted by Crippen LogP contribution is -2.14. The largest absolute Gasteiger partial charge is 0.451 e. The molecule has 1 aromatic carbocycles. The standard InChI is InChI=1S/C17H12F2N4O2/c1-10-2-3-14(22-6-10)17(24)23-11-4-13(18)16(19)15(5-11)25-12-7-20-9-21-8-12/h2-9H,1H3,(H,23,24). The van der Waals surface area contributed by atoms with Crippen molar-refractivity contribution in [2.75, 3.05) is 5.32 Å². The molecule has 0 saturated heterocycles. The van der Waals surface area contributed by atoms with Crippen LogP contribution in [0.2, 0.25) is 0 Å². The monoisotopic (exact) mass is 342 g/mol. The van der Waals surface area contributed by atoms with Gasteiger partial charge in [-0.1, -0.05) is 6.07 Å². The van der Waals surface area contributed by atoms with E-state index in [9.17, 15) is 13.6 Å². The molecule has 0 aliphatic rings. The van der Waals surface area contributed by atoms with Gasteiger partial charge in [-0.3, -0.25) is 9.78 Å². The molecule has 0 fully saturated rings.